The van der Waals surface area contributed by atoms with Crippen LogP contribution in [0.1, 0.15) is 45.4 Å². The average Bonchev–Trinajstić information content (AvgIpc) is 2.75. The Bertz CT molecular complexity index is 407. The van der Waals surface area contributed by atoms with Crippen LogP contribution >= 0.6 is 22.9 Å². The largest absolute Gasteiger partial charge is 0.345 e. The van der Waals surface area contributed by atoms with E-state index in [4.69, 9.17) is 0 Å². The van der Waals surface area contributed by atoms with E-state index in [2.05, 4.69) is 5.32 Å². The molecule has 0 aromatic heterocycles. The molecular weight excluding hydrogens is 371 g/mol. The summed E-state index contributed by atoms with van der Waals surface area (Å²) in [5, 5.41) is 2.89. The van der Waals surface area contributed by atoms with Gasteiger partial charge in [0.15, 0.2) is 5.78 Å². The highest BCUT2D eigenvalue weighted by Gasteiger charge is 2.37. The van der Waals surface area contributed by atoms with Gasteiger partial charge in [-0.05, 0) is 25.7 Å². The van der Waals surface area contributed by atoms with Crippen LogP contribution in [-0.4, -0.2) is 39.2 Å². The second kappa shape index (κ2) is 6.98. The summed E-state index contributed by atoms with van der Waals surface area (Å²) in [4.78, 5) is 35.5. The molecular formula is C14H21IN2O3. The fourth-order valence-corrected chi connectivity index (χ4v) is 3.98. The first-order valence-electron chi connectivity index (χ1n) is 7.24. The maximum Gasteiger partial charge on any atom is 0.239 e. The number of ketones is 2. The average molecular weight is 392 g/mol. The van der Waals surface area contributed by atoms with Crippen molar-refractivity contribution in [2.45, 2.75) is 57.5 Å². The predicted octanol–water partition coefficient (Wildman–Crippen LogP) is 1.63. The Morgan fingerprint density at radius 2 is 1.95 bits per heavy atom. The second-order valence-corrected chi connectivity index (χ2v) is 7.05. The van der Waals surface area contributed by atoms with Crippen LogP contribution in [0.2, 0.25) is 0 Å². The van der Waals surface area contributed by atoms with Crippen molar-refractivity contribution in [3.05, 3.63) is 0 Å². The fourth-order valence-electron chi connectivity index (χ4n) is 3.15. The second-order valence-electron chi connectivity index (χ2n) is 5.81. The number of hydrogen-bond acceptors (Lipinski definition) is 4. The maximum absolute atomic E-state index is 12.3. The standard InChI is InChI=1S/C14H21IN2O3/c1-9(18)13(10-5-3-2-4-6-10)16-14(20)12-7-11(19)8-17(12)15/h10,12-13H,2-8H2,1H3,(H,16,20)/t12-,13+/m0/s1. The zero-order valence-corrected chi connectivity index (χ0v) is 13.9. The van der Waals surface area contributed by atoms with Crippen LogP contribution in [0.3, 0.4) is 0 Å². The molecule has 5 nitrogen and oxygen atoms in total. The molecule has 2 rings (SSSR count). The molecule has 0 unspecified atom stereocenters. The third-order valence-corrected chi connectivity index (χ3v) is 5.26. The third-order valence-electron chi connectivity index (χ3n) is 4.25. The van der Waals surface area contributed by atoms with Crippen molar-refractivity contribution in [1.29, 1.82) is 0 Å². The van der Waals surface area contributed by atoms with E-state index >= 15 is 0 Å². The number of nitrogens with zero attached hydrogens (tertiary/aromatic N) is 1. The van der Waals surface area contributed by atoms with Crippen LogP contribution < -0.4 is 5.32 Å². The van der Waals surface area contributed by atoms with E-state index in [-0.39, 0.29) is 35.9 Å². The molecule has 0 aromatic rings. The van der Waals surface area contributed by atoms with Gasteiger partial charge in [0, 0.05) is 29.3 Å². The maximum atomic E-state index is 12.3. The van der Waals surface area contributed by atoms with Crippen molar-refractivity contribution in [3.63, 3.8) is 0 Å². The highest BCUT2D eigenvalue weighted by Crippen LogP contribution is 2.27. The SMILES string of the molecule is CC(=O)[C@@H](NC(=O)[C@@H]1CC(=O)CN1I)C1CCCCC1. The van der Waals surface area contributed by atoms with E-state index in [0.29, 0.717) is 6.54 Å². The molecule has 2 atom stereocenters. The van der Waals surface area contributed by atoms with Crippen LogP contribution in [-0.2, 0) is 14.4 Å². The molecule has 0 spiro atoms. The Hall–Kier alpha value is -0.500. The van der Waals surface area contributed by atoms with Crippen LogP contribution in [0, 0.1) is 5.92 Å². The Morgan fingerprint density at radius 1 is 1.30 bits per heavy atom. The molecule has 0 radical (unpaired) electrons. The molecule has 1 amide bonds. The fraction of sp³-hybridized carbons (Fsp3) is 0.786. The lowest BCUT2D eigenvalue weighted by molar-refractivity contribution is -0.130. The number of rotatable bonds is 4. The van der Waals surface area contributed by atoms with E-state index < -0.39 is 6.04 Å². The summed E-state index contributed by atoms with van der Waals surface area (Å²) in [7, 11) is 0. The first-order chi connectivity index (χ1) is 9.49. The third kappa shape index (κ3) is 3.78. The van der Waals surface area contributed by atoms with Gasteiger partial charge in [0.25, 0.3) is 0 Å². The molecule has 1 saturated heterocycles. The van der Waals surface area contributed by atoms with Crippen molar-refractivity contribution in [2.24, 2.45) is 5.92 Å². The van der Waals surface area contributed by atoms with Crippen LogP contribution in [0.15, 0.2) is 0 Å². The number of Topliss-reactive ketones (excluding diaryl/α,β-unsaturated/α-hetero) is 2. The van der Waals surface area contributed by atoms with Crippen LogP contribution in [0.4, 0.5) is 0 Å². The van der Waals surface area contributed by atoms with Gasteiger partial charge in [-0.3, -0.25) is 14.4 Å². The first kappa shape index (κ1) is 15.9. The Kier molecular flexibility index (Phi) is 5.54. The minimum Gasteiger partial charge on any atom is -0.345 e. The number of amides is 1. The number of carbonyl (C=O) groups excluding carboxylic acids is 3. The lowest BCUT2D eigenvalue weighted by atomic mass is 9.82. The summed E-state index contributed by atoms with van der Waals surface area (Å²) in [6.07, 6.45) is 5.73. The van der Waals surface area contributed by atoms with Gasteiger partial charge in [0.1, 0.15) is 11.8 Å². The van der Waals surface area contributed by atoms with E-state index in [0.717, 1.165) is 25.7 Å². The molecule has 1 saturated carbocycles. The minimum absolute atomic E-state index is 0.0228. The molecule has 0 aromatic carbocycles. The molecule has 1 aliphatic heterocycles. The predicted molar refractivity (Wildman–Crippen MR) is 83.3 cm³/mol. The lowest BCUT2D eigenvalue weighted by Gasteiger charge is -2.30. The minimum atomic E-state index is -0.423. The lowest BCUT2D eigenvalue weighted by Crippen LogP contribution is -2.50. The zero-order chi connectivity index (χ0) is 14.7. The van der Waals surface area contributed by atoms with Crippen LogP contribution in [0.25, 0.3) is 0 Å². The summed E-state index contributed by atoms with van der Waals surface area (Å²) >= 11 is 2.01. The van der Waals surface area contributed by atoms with Gasteiger partial charge in [-0.1, -0.05) is 19.3 Å². The van der Waals surface area contributed by atoms with E-state index in [1.165, 1.54) is 6.42 Å². The summed E-state index contributed by atoms with van der Waals surface area (Å²) < 4.78 is 1.73. The molecule has 1 heterocycles. The summed E-state index contributed by atoms with van der Waals surface area (Å²) in [6, 6.07) is -0.808. The molecule has 1 N–H and O–H groups in total. The number of carbonyl (C=O) groups is 3. The summed E-state index contributed by atoms with van der Waals surface area (Å²) in [5.74, 6) is 0.173. The van der Waals surface area contributed by atoms with Crippen LogP contribution in [0.5, 0.6) is 0 Å². The normalized spacial score (nSPS) is 26.5. The van der Waals surface area contributed by atoms with Crippen molar-refractivity contribution >= 4 is 40.3 Å². The zero-order valence-electron chi connectivity index (χ0n) is 11.7. The Labute approximate surface area is 133 Å². The number of hydrogen-bond donors (Lipinski definition) is 1. The molecule has 112 valence electrons. The van der Waals surface area contributed by atoms with Gasteiger partial charge >= 0.3 is 0 Å². The quantitative estimate of drug-likeness (QED) is 0.584. The molecule has 2 fully saturated rings. The molecule has 0 bridgehead atoms. The molecule has 2 aliphatic rings. The van der Waals surface area contributed by atoms with Crippen molar-refractivity contribution < 1.29 is 14.4 Å². The molecule has 20 heavy (non-hydrogen) atoms. The van der Waals surface area contributed by atoms with Gasteiger partial charge in [-0.15, -0.1) is 0 Å². The van der Waals surface area contributed by atoms with E-state index in [9.17, 15) is 14.4 Å². The van der Waals surface area contributed by atoms with Gasteiger partial charge in [-0.2, -0.15) is 0 Å². The van der Waals surface area contributed by atoms with Crippen molar-refractivity contribution in [2.75, 3.05) is 6.54 Å². The van der Waals surface area contributed by atoms with Gasteiger partial charge in [0.05, 0.1) is 12.6 Å². The number of nitrogens with one attached hydrogen (secondary N) is 1. The van der Waals surface area contributed by atoms with Gasteiger partial charge in [0.2, 0.25) is 5.91 Å². The monoisotopic (exact) mass is 392 g/mol. The van der Waals surface area contributed by atoms with Crippen molar-refractivity contribution in [3.8, 4) is 0 Å². The van der Waals surface area contributed by atoms with Gasteiger partial charge in [-0.25, -0.2) is 3.11 Å². The van der Waals surface area contributed by atoms with Crippen molar-refractivity contribution in [1.82, 2.24) is 8.43 Å². The topological polar surface area (TPSA) is 66.5 Å². The number of halogens is 1. The van der Waals surface area contributed by atoms with Gasteiger partial charge < -0.3 is 5.32 Å². The first-order valence-corrected chi connectivity index (χ1v) is 8.20. The molecule has 6 heteroatoms. The highest BCUT2D eigenvalue weighted by atomic mass is 127. The Balaban J connectivity index is 1.98. The molecule has 1 aliphatic carbocycles. The summed E-state index contributed by atoms with van der Waals surface area (Å²) in [6.45, 7) is 1.86. The van der Waals surface area contributed by atoms with E-state index in [1.54, 1.807) is 10.0 Å². The summed E-state index contributed by atoms with van der Waals surface area (Å²) in [5.41, 5.74) is 0. The smallest absolute Gasteiger partial charge is 0.239 e. The highest BCUT2D eigenvalue weighted by molar-refractivity contribution is 14.1. The van der Waals surface area contributed by atoms with E-state index in [1.807, 2.05) is 22.9 Å². The Morgan fingerprint density at radius 3 is 2.45 bits per heavy atom.